The molecule has 0 heterocycles. The summed E-state index contributed by atoms with van der Waals surface area (Å²) in [6, 6.07) is 14.5. The second kappa shape index (κ2) is 6.75. The predicted octanol–water partition coefficient (Wildman–Crippen LogP) is 2.86. The maximum absolute atomic E-state index is 12.1. The van der Waals surface area contributed by atoms with E-state index in [9.17, 15) is 13.2 Å². The highest BCUT2D eigenvalue weighted by molar-refractivity contribution is 7.91. The molecule has 2 aromatic rings. The molecular weight excluding hydrogens is 298 g/mol. The van der Waals surface area contributed by atoms with E-state index in [0.29, 0.717) is 11.3 Å². The normalized spacial score (nSPS) is 11.2. The first-order chi connectivity index (χ1) is 10.4. The molecule has 0 aliphatic carbocycles. The van der Waals surface area contributed by atoms with Crippen molar-refractivity contribution < 1.29 is 13.2 Å². The first-order valence-electron chi connectivity index (χ1n) is 6.97. The Morgan fingerprint density at radius 2 is 1.64 bits per heavy atom. The highest BCUT2D eigenvalue weighted by Gasteiger charge is 2.18. The van der Waals surface area contributed by atoms with Crippen LogP contribution in [0.4, 0.5) is 5.69 Å². The van der Waals surface area contributed by atoms with Crippen LogP contribution in [0.5, 0.6) is 0 Å². The van der Waals surface area contributed by atoms with Crippen LogP contribution in [0, 0.1) is 13.8 Å². The number of sulfone groups is 1. The van der Waals surface area contributed by atoms with Gasteiger partial charge in [-0.15, -0.1) is 0 Å². The summed E-state index contributed by atoms with van der Waals surface area (Å²) in [5.74, 6) is -1.16. The molecule has 0 radical (unpaired) electrons. The molecule has 2 rings (SSSR count). The van der Waals surface area contributed by atoms with Gasteiger partial charge in [-0.05, 0) is 31.0 Å². The Morgan fingerprint density at radius 3 is 2.27 bits per heavy atom. The summed E-state index contributed by atoms with van der Waals surface area (Å²) in [5, 5.41) is 2.64. The van der Waals surface area contributed by atoms with Crippen LogP contribution in [0.25, 0.3) is 0 Å². The van der Waals surface area contributed by atoms with Gasteiger partial charge < -0.3 is 5.32 Å². The van der Waals surface area contributed by atoms with Crippen molar-refractivity contribution >= 4 is 21.4 Å². The summed E-state index contributed by atoms with van der Waals surface area (Å²) in [7, 11) is -3.49. The molecule has 116 valence electrons. The molecule has 0 spiro atoms. The van der Waals surface area contributed by atoms with Crippen molar-refractivity contribution in [1.82, 2.24) is 0 Å². The molecule has 0 saturated heterocycles. The first kappa shape index (κ1) is 16.2. The van der Waals surface area contributed by atoms with Crippen LogP contribution in [-0.2, 0) is 20.4 Å². The van der Waals surface area contributed by atoms with E-state index < -0.39 is 21.5 Å². The van der Waals surface area contributed by atoms with Crippen LogP contribution in [0.2, 0.25) is 0 Å². The highest BCUT2D eigenvalue weighted by Crippen LogP contribution is 2.14. The van der Waals surface area contributed by atoms with Crippen LogP contribution in [-0.4, -0.2) is 20.1 Å². The van der Waals surface area contributed by atoms with Gasteiger partial charge in [-0.3, -0.25) is 4.79 Å². The third-order valence-corrected chi connectivity index (χ3v) is 4.75. The molecule has 1 amide bonds. The molecule has 0 saturated carbocycles. The van der Waals surface area contributed by atoms with Crippen LogP contribution >= 0.6 is 0 Å². The standard InChI is InChI=1S/C17H19NO3S/c1-13-7-9-15(10-8-13)11-22(20,21)12-17(19)18-16-6-4-3-5-14(16)2/h3-10H,11-12H2,1-2H3,(H,18,19). The maximum Gasteiger partial charge on any atom is 0.239 e. The van der Waals surface area contributed by atoms with Crippen molar-refractivity contribution in [2.45, 2.75) is 19.6 Å². The molecular formula is C17H19NO3S. The van der Waals surface area contributed by atoms with Gasteiger partial charge in [-0.25, -0.2) is 8.42 Å². The summed E-state index contributed by atoms with van der Waals surface area (Å²) in [6.07, 6.45) is 0. The maximum atomic E-state index is 12.1. The zero-order chi connectivity index (χ0) is 16.2. The van der Waals surface area contributed by atoms with Crippen LogP contribution in [0.3, 0.4) is 0 Å². The van der Waals surface area contributed by atoms with Gasteiger partial charge >= 0.3 is 0 Å². The minimum atomic E-state index is -3.49. The van der Waals surface area contributed by atoms with Crippen LogP contribution in [0.1, 0.15) is 16.7 Å². The number of para-hydroxylation sites is 1. The SMILES string of the molecule is Cc1ccc(CS(=O)(=O)CC(=O)Nc2ccccc2C)cc1. The number of carbonyl (C=O) groups is 1. The molecule has 0 aliphatic heterocycles. The number of amides is 1. The molecule has 0 aromatic heterocycles. The third kappa shape index (κ3) is 4.70. The Balaban J connectivity index is 2.01. The lowest BCUT2D eigenvalue weighted by atomic mass is 10.2. The number of anilines is 1. The molecule has 4 nitrogen and oxygen atoms in total. The van der Waals surface area contributed by atoms with Gasteiger partial charge in [-0.1, -0.05) is 48.0 Å². The van der Waals surface area contributed by atoms with E-state index in [1.165, 1.54) is 0 Å². The molecule has 22 heavy (non-hydrogen) atoms. The second-order valence-corrected chi connectivity index (χ2v) is 7.45. The van der Waals surface area contributed by atoms with Gasteiger partial charge in [0, 0.05) is 5.69 Å². The summed E-state index contributed by atoms with van der Waals surface area (Å²) in [5.41, 5.74) is 3.29. The average Bonchev–Trinajstić information content (AvgIpc) is 2.43. The van der Waals surface area contributed by atoms with E-state index in [1.807, 2.05) is 38.1 Å². The van der Waals surface area contributed by atoms with Gasteiger partial charge in [-0.2, -0.15) is 0 Å². The van der Waals surface area contributed by atoms with Crippen molar-refractivity contribution in [1.29, 1.82) is 0 Å². The van der Waals surface area contributed by atoms with Crippen molar-refractivity contribution in [2.24, 2.45) is 0 Å². The van der Waals surface area contributed by atoms with Gasteiger partial charge in [0.2, 0.25) is 5.91 Å². The summed E-state index contributed by atoms with van der Waals surface area (Å²) in [6.45, 7) is 3.80. The zero-order valence-corrected chi connectivity index (χ0v) is 13.5. The number of aryl methyl sites for hydroxylation is 2. The van der Waals surface area contributed by atoms with Gasteiger partial charge in [0.15, 0.2) is 9.84 Å². The smallest absolute Gasteiger partial charge is 0.239 e. The van der Waals surface area contributed by atoms with Crippen molar-refractivity contribution in [3.8, 4) is 0 Å². The van der Waals surface area contributed by atoms with E-state index in [2.05, 4.69) is 5.32 Å². The fourth-order valence-corrected chi connectivity index (χ4v) is 3.36. The third-order valence-electron chi connectivity index (χ3n) is 3.28. The Bertz CT molecular complexity index is 765. The number of nitrogens with one attached hydrogen (secondary N) is 1. The second-order valence-electron chi connectivity index (χ2n) is 5.38. The summed E-state index contributed by atoms with van der Waals surface area (Å²) >= 11 is 0. The zero-order valence-electron chi connectivity index (χ0n) is 12.7. The van der Waals surface area contributed by atoms with Crippen molar-refractivity contribution in [2.75, 3.05) is 11.1 Å². The molecule has 0 atom stereocenters. The molecule has 5 heteroatoms. The monoisotopic (exact) mass is 317 g/mol. The fourth-order valence-electron chi connectivity index (χ4n) is 2.09. The number of benzene rings is 2. The summed E-state index contributed by atoms with van der Waals surface area (Å²) in [4.78, 5) is 11.9. The van der Waals surface area contributed by atoms with E-state index >= 15 is 0 Å². The minimum absolute atomic E-state index is 0.130. The van der Waals surface area contributed by atoms with Gasteiger partial charge in [0.1, 0.15) is 5.75 Å². The quantitative estimate of drug-likeness (QED) is 0.922. The first-order valence-corrected chi connectivity index (χ1v) is 8.79. The minimum Gasteiger partial charge on any atom is -0.325 e. The van der Waals surface area contributed by atoms with Crippen LogP contribution < -0.4 is 5.32 Å². The Morgan fingerprint density at radius 1 is 1.00 bits per heavy atom. The molecule has 0 bridgehead atoms. The van der Waals surface area contributed by atoms with E-state index in [-0.39, 0.29) is 5.75 Å². The number of hydrogen-bond donors (Lipinski definition) is 1. The molecule has 0 aliphatic rings. The van der Waals surface area contributed by atoms with Crippen molar-refractivity contribution in [3.05, 3.63) is 65.2 Å². The number of rotatable bonds is 5. The number of carbonyl (C=O) groups excluding carboxylic acids is 1. The molecule has 2 aromatic carbocycles. The Hall–Kier alpha value is -2.14. The lowest BCUT2D eigenvalue weighted by molar-refractivity contribution is -0.113. The van der Waals surface area contributed by atoms with Crippen molar-refractivity contribution in [3.63, 3.8) is 0 Å². The topological polar surface area (TPSA) is 63.2 Å². The Labute approximate surface area is 131 Å². The number of hydrogen-bond acceptors (Lipinski definition) is 3. The lowest BCUT2D eigenvalue weighted by Crippen LogP contribution is -2.24. The lowest BCUT2D eigenvalue weighted by Gasteiger charge is -2.09. The molecule has 0 unspecified atom stereocenters. The van der Waals surface area contributed by atoms with E-state index in [1.54, 1.807) is 24.3 Å². The van der Waals surface area contributed by atoms with Crippen LogP contribution in [0.15, 0.2) is 48.5 Å². The van der Waals surface area contributed by atoms with Gasteiger partial charge in [0.05, 0.1) is 5.75 Å². The predicted molar refractivity (Wildman–Crippen MR) is 88.5 cm³/mol. The largest absolute Gasteiger partial charge is 0.325 e. The fraction of sp³-hybridized carbons (Fsp3) is 0.235. The highest BCUT2D eigenvalue weighted by atomic mass is 32.2. The molecule has 1 N–H and O–H groups in total. The Kier molecular flexibility index (Phi) is 4.98. The summed E-state index contributed by atoms with van der Waals surface area (Å²) < 4.78 is 24.2. The van der Waals surface area contributed by atoms with E-state index in [4.69, 9.17) is 0 Å². The van der Waals surface area contributed by atoms with E-state index in [0.717, 1.165) is 11.1 Å². The average molecular weight is 317 g/mol. The molecule has 0 fully saturated rings. The van der Waals surface area contributed by atoms with Gasteiger partial charge in [0.25, 0.3) is 0 Å².